The van der Waals surface area contributed by atoms with Crippen molar-refractivity contribution in [3.8, 4) is 0 Å². The molecule has 0 saturated carbocycles. The van der Waals surface area contributed by atoms with Gasteiger partial charge in [0.05, 0.1) is 18.6 Å². The number of halogens is 3. The smallest absolute Gasteiger partial charge is 0.373 e. The SMILES string of the molecule is C[C](CC1CO1)C(F)(F)F. The molecular weight excluding hydrogens is 145 g/mol. The summed E-state index contributed by atoms with van der Waals surface area (Å²) in [7, 11) is 0. The molecule has 1 heterocycles. The van der Waals surface area contributed by atoms with E-state index in [1.165, 1.54) is 0 Å². The fourth-order valence-corrected chi connectivity index (χ4v) is 0.643. The van der Waals surface area contributed by atoms with E-state index in [0.717, 1.165) is 6.92 Å². The van der Waals surface area contributed by atoms with Crippen molar-refractivity contribution in [3.63, 3.8) is 0 Å². The molecule has 1 radical (unpaired) electrons. The number of epoxide rings is 1. The Labute approximate surface area is 57.2 Å². The van der Waals surface area contributed by atoms with Crippen molar-refractivity contribution in [2.45, 2.75) is 25.6 Å². The molecule has 1 rings (SSSR count). The molecule has 0 aliphatic carbocycles. The normalized spacial score (nSPS) is 25.5. The molecule has 0 bridgehead atoms. The molecule has 0 aromatic heterocycles. The second kappa shape index (κ2) is 2.42. The van der Waals surface area contributed by atoms with Gasteiger partial charge in [-0.15, -0.1) is 0 Å². The summed E-state index contributed by atoms with van der Waals surface area (Å²) in [6.07, 6.45) is -4.27. The topological polar surface area (TPSA) is 12.5 Å². The van der Waals surface area contributed by atoms with Gasteiger partial charge in [0.1, 0.15) is 0 Å². The average molecular weight is 153 g/mol. The van der Waals surface area contributed by atoms with Crippen molar-refractivity contribution in [1.82, 2.24) is 0 Å². The molecular formula is C6H8F3O. The number of hydrogen-bond acceptors (Lipinski definition) is 1. The molecule has 59 valence electrons. The van der Waals surface area contributed by atoms with Gasteiger partial charge in [-0.3, -0.25) is 0 Å². The summed E-state index contributed by atoms with van der Waals surface area (Å²) in [6, 6.07) is 0. The molecule has 1 nitrogen and oxygen atoms in total. The zero-order valence-electron chi connectivity index (χ0n) is 5.53. The Kier molecular flexibility index (Phi) is 1.90. The van der Waals surface area contributed by atoms with Crippen LogP contribution in [0.1, 0.15) is 13.3 Å². The van der Waals surface area contributed by atoms with Crippen LogP contribution in [0.5, 0.6) is 0 Å². The minimum Gasteiger partial charge on any atom is -0.373 e. The van der Waals surface area contributed by atoms with Crippen LogP contribution < -0.4 is 0 Å². The summed E-state index contributed by atoms with van der Waals surface area (Å²) in [4.78, 5) is 0. The highest BCUT2D eigenvalue weighted by atomic mass is 19.4. The molecule has 4 heteroatoms. The van der Waals surface area contributed by atoms with Gasteiger partial charge in [0.2, 0.25) is 0 Å². The van der Waals surface area contributed by atoms with Gasteiger partial charge in [-0.25, -0.2) is 0 Å². The Balaban J connectivity index is 2.25. The summed E-state index contributed by atoms with van der Waals surface area (Å²) in [5.41, 5.74) is 0. The zero-order chi connectivity index (χ0) is 7.78. The van der Waals surface area contributed by atoms with E-state index in [4.69, 9.17) is 0 Å². The molecule has 1 fully saturated rings. The van der Waals surface area contributed by atoms with E-state index in [1.54, 1.807) is 0 Å². The van der Waals surface area contributed by atoms with Gasteiger partial charge in [0.25, 0.3) is 0 Å². The van der Waals surface area contributed by atoms with Gasteiger partial charge >= 0.3 is 6.18 Å². The van der Waals surface area contributed by atoms with Gasteiger partial charge in [-0.05, 0) is 13.3 Å². The first-order valence-electron chi connectivity index (χ1n) is 3.01. The molecule has 0 aromatic carbocycles. The first-order chi connectivity index (χ1) is 4.50. The predicted octanol–water partition coefficient (Wildman–Crippen LogP) is 1.93. The van der Waals surface area contributed by atoms with Crippen LogP contribution in [0, 0.1) is 5.92 Å². The standard InChI is InChI=1S/C6H8F3O/c1-4(6(7,8)9)2-5-3-10-5/h5H,2-3H2,1H3. The van der Waals surface area contributed by atoms with Crippen molar-refractivity contribution in [3.05, 3.63) is 5.92 Å². The fourth-order valence-electron chi connectivity index (χ4n) is 0.643. The predicted molar refractivity (Wildman–Crippen MR) is 29.3 cm³/mol. The largest absolute Gasteiger partial charge is 0.395 e. The third-order valence-corrected chi connectivity index (χ3v) is 1.42. The number of rotatable bonds is 2. The lowest BCUT2D eigenvalue weighted by Crippen LogP contribution is -2.19. The lowest BCUT2D eigenvalue weighted by atomic mass is 10.1. The summed E-state index contributed by atoms with van der Waals surface area (Å²) in [5, 5.41) is 0. The van der Waals surface area contributed by atoms with Crippen molar-refractivity contribution in [1.29, 1.82) is 0 Å². The lowest BCUT2D eigenvalue weighted by molar-refractivity contribution is -0.115. The van der Waals surface area contributed by atoms with Crippen LogP contribution in [0.4, 0.5) is 13.2 Å². The number of hydrogen-bond donors (Lipinski definition) is 0. The molecule has 1 aliphatic rings. The molecule has 10 heavy (non-hydrogen) atoms. The van der Waals surface area contributed by atoms with Crippen LogP contribution in [0.3, 0.4) is 0 Å². The van der Waals surface area contributed by atoms with Crippen LogP contribution >= 0.6 is 0 Å². The van der Waals surface area contributed by atoms with Gasteiger partial charge in [0, 0.05) is 0 Å². The second-order valence-corrected chi connectivity index (χ2v) is 2.44. The van der Waals surface area contributed by atoms with Crippen LogP contribution in [0.25, 0.3) is 0 Å². The van der Waals surface area contributed by atoms with Crippen LogP contribution in [-0.4, -0.2) is 18.9 Å². The summed E-state index contributed by atoms with van der Waals surface area (Å²) < 4.78 is 39.9. The molecule has 0 aromatic rings. The molecule has 0 spiro atoms. The highest BCUT2D eigenvalue weighted by Crippen LogP contribution is 2.34. The maximum Gasteiger partial charge on any atom is 0.395 e. The van der Waals surface area contributed by atoms with Crippen molar-refractivity contribution >= 4 is 0 Å². The monoisotopic (exact) mass is 153 g/mol. The second-order valence-electron chi connectivity index (χ2n) is 2.44. The van der Waals surface area contributed by atoms with Crippen LogP contribution in [-0.2, 0) is 4.74 Å². The first-order valence-corrected chi connectivity index (χ1v) is 3.01. The third kappa shape index (κ3) is 2.17. The first kappa shape index (κ1) is 7.85. The number of alkyl halides is 3. The summed E-state index contributed by atoms with van der Waals surface area (Å²) in [6.45, 7) is 1.58. The minimum absolute atomic E-state index is 0.0312. The van der Waals surface area contributed by atoms with Gasteiger partial charge in [-0.1, -0.05) is 0 Å². The Bertz CT molecular complexity index is 117. The van der Waals surface area contributed by atoms with E-state index in [9.17, 15) is 13.2 Å². The zero-order valence-corrected chi connectivity index (χ0v) is 5.53. The van der Waals surface area contributed by atoms with E-state index >= 15 is 0 Å². The maximum absolute atomic E-state index is 11.7. The molecule has 1 saturated heterocycles. The van der Waals surface area contributed by atoms with Gasteiger partial charge in [-0.2, -0.15) is 13.2 Å². The Hall–Kier alpha value is -0.250. The average Bonchev–Trinajstić information content (AvgIpc) is 2.47. The highest BCUT2D eigenvalue weighted by Gasteiger charge is 2.40. The van der Waals surface area contributed by atoms with E-state index in [0.29, 0.717) is 6.61 Å². The van der Waals surface area contributed by atoms with E-state index in [1.807, 2.05) is 0 Å². The molecule has 1 aliphatic heterocycles. The quantitative estimate of drug-likeness (QED) is 0.552. The molecule has 0 amide bonds. The Morgan fingerprint density at radius 2 is 2.10 bits per heavy atom. The van der Waals surface area contributed by atoms with Gasteiger partial charge < -0.3 is 4.74 Å². The summed E-state index contributed by atoms with van der Waals surface area (Å²) >= 11 is 0. The summed E-state index contributed by atoms with van der Waals surface area (Å²) in [5.74, 6) is -0.449. The molecule has 1 unspecified atom stereocenters. The van der Waals surface area contributed by atoms with Gasteiger partial charge in [0.15, 0.2) is 0 Å². The van der Waals surface area contributed by atoms with Crippen LogP contribution in [0.15, 0.2) is 0 Å². The molecule has 1 atom stereocenters. The minimum atomic E-state index is -4.13. The lowest BCUT2D eigenvalue weighted by Gasteiger charge is -2.12. The Morgan fingerprint density at radius 1 is 1.60 bits per heavy atom. The maximum atomic E-state index is 11.7. The van der Waals surface area contributed by atoms with E-state index < -0.39 is 12.1 Å². The molecule has 0 N–H and O–H groups in total. The van der Waals surface area contributed by atoms with Crippen LogP contribution in [0.2, 0.25) is 0 Å². The van der Waals surface area contributed by atoms with Crippen molar-refractivity contribution in [2.75, 3.05) is 6.61 Å². The fraction of sp³-hybridized carbons (Fsp3) is 0.833. The van der Waals surface area contributed by atoms with Crippen molar-refractivity contribution < 1.29 is 17.9 Å². The number of ether oxygens (including phenoxy) is 1. The third-order valence-electron chi connectivity index (χ3n) is 1.42. The van der Waals surface area contributed by atoms with Crippen molar-refractivity contribution in [2.24, 2.45) is 0 Å². The Morgan fingerprint density at radius 3 is 2.40 bits per heavy atom. The highest BCUT2D eigenvalue weighted by molar-refractivity contribution is 4.97. The van der Waals surface area contributed by atoms with E-state index in [-0.39, 0.29) is 12.5 Å². The van der Waals surface area contributed by atoms with E-state index in [2.05, 4.69) is 4.74 Å².